The van der Waals surface area contributed by atoms with Crippen LogP contribution in [0.25, 0.3) is 4.91 Å². The van der Waals surface area contributed by atoms with Crippen LogP contribution in [0, 0.1) is 24.1 Å². The standard InChI is InChI=1S/C18H23FS.C9H20.C7H8.C5H10.C2H2/c1-6-14(4)11-12-15(5)18(20-13(2)3)16-9-7-8-10-17(16)19;1-5-7-9(3,4)8-6-2;1-7-5-3-2-4-6-7;1-4-5(2)3;1-2/h7-10H,2,4,6,11-12H2,1,3,5H3;5-8H2,1-4H3;2-5H,1,6H2;4H,1-3H3;1-2H/b18-15+;;;;. The molecule has 2 heteroatoms. The highest BCUT2D eigenvalue weighted by Gasteiger charge is 2.14. The second kappa shape index (κ2) is 28.0. The van der Waals surface area contributed by atoms with E-state index in [1.165, 1.54) is 54.0 Å². The molecule has 0 heterocycles. The average molecular weight is 607 g/mol. The van der Waals surface area contributed by atoms with Gasteiger partial charge in [-0.3, -0.25) is 0 Å². The van der Waals surface area contributed by atoms with Crippen molar-refractivity contribution >= 4 is 16.7 Å². The average Bonchev–Trinajstić information content (AvgIpc) is 2.97. The first-order valence-electron chi connectivity index (χ1n) is 15.6. The molecule has 0 radical (unpaired) electrons. The zero-order valence-corrected chi connectivity index (χ0v) is 30.2. The summed E-state index contributed by atoms with van der Waals surface area (Å²) in [6.07, 6.45) is 27.5. The van der Waals surface area contributed by atoms with Gasteiger partial charge in [-0.25, -0.2) is 4.39 Å². The summed E-state index contributed by atoms with van der Waals surface area (Å²) in [7, 11) is 0. The van der Waals surface area contributed by atoms with Gasteiger partial charge in [0.2, 0.25) is 0 Å². The zero-order chi connectivity index (χ0) is 33.8. The van der Waals surface area contributed by atoms with Crippen LogP contribution in [0.3, 0.4) is 0 Å². The number of hydrogen-bond acceptors (Lipinski definition) is 1. The van der Waals surface area contributed by atoms with E-state index in [1.54, 1.807) is 17.8 Å². The van der Waals surface area contributed by atoms with Gasteiger partial charge in [0.15, 0.2) is 0 Å². The third-order valence-electron chi connectivity index (χ3n) is 6.53. The highest BCUT2D eigenvalue weighted by molar-refractivity contribution is 8.11. The maximum absolute atomic E-state index is 14.0. The molecule has 0 aliphatic heterocycles. The van der Waals surface area contributed by atoms with Gasteiger partial charge in [-0.05, 0) is 89.5 Å². The molecule has 240 valence electrons. The summed E-state index contributed by atoms with van der Waals surface area (Å²) in [5.41, 5.74) is 6.27. The molecule has 1 aromatic carbocycles. The van der Waals surface area contributed by atoms with Crippen LogP contribution in [0.1, 0.15) is 126 Å². The molecule has 0 nitrogen and oxygen atoms in total. The third-order valence-corrected chi connectivity index (χ3v) is 7.65. The molecule has 0 aromatic heterocycles. The Morgan fingerprint density at radius 1 is 0.953 bits per heavy atom. The monoisotopic (exact) mass is 606 g/mol. The van der Waals surface area contributed by atoms with Gasteiger partial charge in [0.05, 0.1) is 0 Å². The number of thioether (sulfide) groups is 1. The normalized spacial score (nSPS) is 11.9. The van der Waals surface area contributed by atoms with E-state index in [4.69, 9.17) is 0 Å². The van der Waals surface area contributed by atoms with Gasteiger partial charge in [-0.15, -0.1) is 12.8 Å². The second-order valence-electron chi connectivity index (χ2n) is 11.7. The molecule has 0 unspecified atom stereocenters. The predicted molar refractivity (Wildman–Crippen MR) is 201 cm³/mol. The van der Waals surface area contributed by atoms with E-state index in [2.05, 4.69) is 100 Å². The number of halogens is 1. The highest BCUT2D eigenvalue weighted by atomic mass is 32.2. The molecule has 1 aliphatic carbocycles. The van der Waals surface area contributed by atoms with Crippen LogP contribution in [0.15, 0.2) is 102 Å². The summed E-state index contributed by atoms with van der Waals surface area (Å²) in [4.78, 5) is 1.96. The number of benzene rings is 1. The Kier molecular flexibility index (Phi) is 29.1. The summed E-state index contributed by atoms with van der Waals surface area (Å²) >= 11 is 1.55. The number of allylic oxidation sites excluding steroid dienone is 10. The zero-order valence-electron chi connectivity index (χ0n) is 29.4. The van der Waals surface area contributed by atoms with Crippen molar-refractivity contribution in [1.29, 1.82) is 0 Å². The lowest BCUT2D eigenvalue weighted by Crippen LogP contribution is -2.09. The van der Waals surface area contributed by atoms with Crippen molar-refractivity contribution in [3.63, 3.8) is 0 Å². The maximum atomic E-state index is 14.0. The van der Waals surface area contributed by atoms with E-state index >= 15 is 0 Å². The fourth-order valence-electron chi connectivity index (χ4n) is 3.88. The molecule has 2 rings (SSSR count). The number of rotatable bonds is 11. The van der Waals surface area contributed by atoms with Crippen molar-refractivity contribution in [2.45, 2.75) is 121 Å². The second-order valence-corrected chi connectivity index (χ2v) is 13.0. The van der Waals surface area contributed by atoms with Crippen LogP contribution < -0.4 is 0 Å². The Hall–Kier alpha value is -2.76. The highest BCUT2D eigenvalue weighted by Crippen LogP contribution is 2.38. The Balaban J connectivity index is -0.000000572. The van der Waals surface area contributed by atoms with Crippen LogP contribution >= 0.6 is 11.8 Å². The molecular formula is C41H63FS. The molecule has 1 aromatic rings. The Morgan fingerprint density at radius 3 is 1.84 bits per heavy atom. The van der Waals surface area contributed by atoms with Crippen molar-refractivity contribution in [2.75, 3.05) is 0 Å². The topological polar surface area (TPSA) is 0 Å². The molecular weight excluding hydrogens is 544 g/mol. The lowest BCUT2D eigenvalue weighted by molar-refractivity contribution is 0.301. The van der Waals surface area contributed by atoms with Crippen LogP contribution in [0.2, 0.25) is 0 Å². The fraction of sp³-hybridized carbons (Fsp3) is 0.463. The minimum absolute atomic E-state index is 0.176. The molecule has 1 aliphatic rings. The van der Waals surface area contributed by atoms with Gasteiger partial charge in [0.1, 0.15) is 5.82 Å². The molecule has 0 bridgehead atoms. The summed E-state index contributed by atoms with van der Waals surface area (Å²) in [6, 6.07) is 6.93. The van der Waals surface area contributed by atoms with Gasteiger partial charge < -0.3 is 0 Å². The Morgan fingerprint density at radius 2 is 1.49 bits per heavy atom. The number of terminal acetylenes is 1. The van der Waals surface area contributed by atoms with Crippen LogP contribution in [-0.4, -0.2) is 0 Å². The summed E-state index contributed by atoms with van der Waals surface area (Å²) < 4.78 is 14.0. The SMILES string of the molecule is C#C.C=C(CC)CC/C(C)=C(/SC(=C)C)c1ccccc1F.C=C1C=CC=CC1.CC=C(C)C.CCCC(C)(C)CCC. The van der Waals surface area contributed by atoms with E-state index in [-0.39, 0.29) is 5.82 Å². The van der Waals surface area contributed by atoms with Gasteiger partial charge in [-0.2, -0.15) is 0 Å². The quantitative estimate of drug-likeness (QED) is 0.178. The summed E-state index contributed by atoms with van der Waals surface area (Å²) in [5.74, 6) is -0.176. The van der Waals surface area contributed by atoms with E-state index < -0.39 is 0 Å². The van der Waals surface area contributed by atoms with Crippen molar-refractivity contribution in [2.24, 2.45) is 5.41 Å². The van der Waals surface area contributed by atoms with Crippen molar-refractivity contribution in [3.8, 4) is 12.8 Å². The van der Waals surface area contributed by atoms with Crippen molar-refractivity contribution in [3.05, 3.63) is 113 Å². The van der Waals surface area contributed by atoms with Gasteiger partial charge in [0.25, 0.3) is 0 Å². The van der Waals surface area contributed by atoms with Gasteiger partial charge >= 0.3 is 0 Å². The third kappa shape index (κ3) is 26.6. The first kappa shape index (κ1) is 44.7. The summed E-state index contributed by atoms with van der Waals surface area (Å²) in [5, 5.41) is 0. The molecule has 0 fully saturated rings. The van der Waals surface area contributed by atoms with Crippen LogP contribution in [-0.2, 0) is 0 Å². The first-order chi connectivity index (χ1) is 20.2. The first-order valence-corrected chi connectivity index (χ1v) is 16.4. The fourth-order valence-corrected chi connectivity index (χ4v) is 4.78. The van der Waals surface area contributed by atoms with E-state index in [1.807, 2.05) is 44.2 Å². The van der Waals surface area contributed by atoms with E-state index in [0.29, 0.717) is 11.0 Å². The lowest BCUT2D eigenvalue weighted by Gasteiger charge is -2.22. The molecule has 43 heavy (non-hydrogen) atoms. The largest absolute Gasteiger partial charge is 0.206 e. The minimum Gasteiger partial charge on any atom is -0.206 e. The van der Waals surface area contributed by atoms with Crippen molar-refractivity contribution in [1.82, 2.24) is 0 Å². The number of hydrogen-bond donors (Lipinski definition) is 0. The summed E-state index contributed by atoms with van der Waals surface area (Å²) in [6.45, 7) is 33.3. The van der Waals surface area contributed by atoms with Crippen LogP contribution in [0.4, 0.5) is 4.39 Å². The van der Waals surface area contributed by atoms with E-state index in [9.17, 15) is 4.39 Å². The molecule has 0 N–H and O–H groups in total. The van der Waals surface area contributed by atoms with Crippen molar-refractivity contribution < 1.29 is 4.39 Å². The predicted octanol–water partition coefficient (Wildman–Crippen LogP) is 14.5. The Bertz CT molecular complexity index is 1060. The van der Waals surface area contributed by atoms with Crippen LogP contribution in [0.5, 0.6) is 0 Å². The smallest absolute Gasteiger partial charge is 0.131 e. The molecule has 0 saturated carbocycles. The molecule has 0 amide bonds. The molecule has 0 saturated heterocycles. The lowest BCUT2D eigenvalue weighted by atomic mass is 9.84. The maximum Gasteiger partial charge on any atom is 0.131 e. The van der Waals surface area contributed by atoms with Gasteiger partial charge in [-0.1, -0.05) is 150 Å². The Labute approximate surface area is 272 Å². The van der Waals surface area contributed by atoms with E-state index in [0.717, 1.165) is 35.5 Å². The molecule has 0 spiro atoms. The van der Waals surface area contributed by atoms with Gasteiger partial charge in [0, 0.05) is 10.5 Å². The minimum atomic E-state index is -0.176. The molecule has 0 atom stereocenters.